The maximum absolute atomic E-state index is 12.7. The minimum atomic E-state index is -1.18. The predicted octanol–water partition coefficient (Wildman–Crippen LogP) is 2.86. The smallest absolute Gasteiger partial charge is 0.410 e. The van der Waals surface area contributed by atoms with Crippen molar-refractivity contribution in [3.05, 3.63) is 29.8 Å². The molecule has 0 heterocycles. The third-order valence-corrected chi connectivity index (χ3v) is 5.99. The number of anilines is 1. The summed E-state index contributed by atoms with van der Waals surface area (Å²) in [4.78, 5) is 62.1. The number of hydrogen-bond acceptors (Lipinski definition) is 7. The van der Waals surface area contributed by atoms with E-state index in [1.54, 1.807) is 58.9 Å². The van der Waals surface area contributed by atoms with Crippen molar-refractivity contribution < 1.29 is 38.6 Å². The van der Waals surface area contributed by atoms with E-state index in [1.165, 1.54) is 14.0 Å². The van der Waals surface area contributed by atoms with E-state index in [2.05, 4.69) is 16.0 Å². The number of carboxylic acid groups (broad SMARTS) is 1. The number of likely N-dealkylation sites (N-methyl/N-ethyl adjacent to an activating group) is 1. The van der Waals surface area contributed by atoms with Gasteiger partial charge in [-0.25, -0.2) is 14.4 Å². The highest BCUT2D eigenvalue weighted by atomic mass is 16.6. The highest BCUT2D eigenvalue weighted by molar-refractivity contribution is 5.98. The summed E-state index contributed by atoms with van der Waals surface area (Å²) >= 11 is 0. The SMILES string of the molecule is CC(C)[C@H](NC(=O)OC(C)(C)C)C(=O)N[C@@H](C)C(=O)Nc1ccc(COC(=O)N(C)C2(C(=O)O)CC2)cc1. The van der Waals surface area contributed by atoms with Crippen LogP contribution in [0.25, 0.3) is 0 Å². The van der Waals surface area contributed by atoms with Crippen molar-refractivity contribution in [1.29, 1.82) is 0 Å². The summed E-state index contributed by atoms with van der Waals surface area (Å²) in [6.45, 7) is 10.1. The van der Waals surface area contributed by atoms with Crippen LogP contribution in [-0.2, 0) is 30.5 Å². The van der Waals surface area contributed by atoms with Crippen LogP contribution in [0.2, 0.25) is 0 Å². The van der Waals surface area contributed by atoms with Gasteiger partial charge in [0, 0.05) is 12.7 Å². The van der Waals surface area contributed by atoms with Crippen LogP contribution in [0.1, 0.15) is 59.9 Å². The maximum Gasteiger partial charge on any atom is 0.410 e. The van der Waals surface area contributed by atoms with Gasteiger partial charge in [-0.3, -0.25) is 14.5 Å². The van der Waals surface area contributed by atoms with Crippen LogP contribution < -0.4 is 16.0 Å². The summed E-state index contributed by atoms with van der Waals surface area (Å²) in [6.07, 6.45) is -0.679. The van der Waals surface area contributed by atoms with Crippen LogP contribution >= 0.6 is 0 Å². The largest absolute Gasteiger partial charge is 0.479 e. The van der Waals surface area contributed by atoms with E-state index in [1.807, 2.05) is 0 Å². The molecule has 1 fully saturated rings. The van der Waals surface area contributed by atoms with Gasteiger partial charge in [0.15, 0.2) is 0 Å². The lowest BCUT2D eigenvalue weighted by atomic mass is 10.0. The number of carboxylic acids is 1. The number of benzene rings is 1. The van der Waals surface area contributed by atoms with E-state index >= 15 is 0 Å². The second-order valence-corrected chi connectivity index (χ2v) is 10.7. The van der Waals surface area contributed by atoms with Crippen molar-refractivity contribution in [3.63, 3.8) is 0 Å². The summed E-state index contributed by atoms with van der Waals surface area (Å²) in [5.41, 5.74) is -0.807. The molecule has 12 heteroatoms. The number of nitrogens with zero attached hydrogens (tertiary/aromatic N) is 1. The summed E-state index contributed by atoms with van der Waals surface area (Å²) in [5.74, 6) is -2.30. The Morgan fingerprint density at radius 2 is 1.58 bits per heavy atom. The molecule has 1 aromatic rings. The van der Waals surface area contributed by atoms with Crippen LogP contribution in [0, 0.1) is 5.92 Å². The monoisotopic (exact) mass is 534 g/mol. The van der Waals surface area contributed by atoms with Crippen molar-refractivity contribution in [2.45, 2.75) is 84.2 Å². The third kappa shape index (κ3) is 8.35. The average molecular weight is 535 g/mol. The summed E-state index contributed by atoms with van der Waals surface area (Å²) in [5, 5.41) is 17.1. The second-order valence-electron chi connectivity index (χ2n) is 10.7. The van der Waals surface area contributed by atoms with Crippen LogP contribution in [0.4, 0.5) is 15.3 Å². The van der Waals surface area contributed by atoms with Crippen molar-refractivity contribution in [2.75, 3.05) is 12.4 Å². The molecule has 1 saturated carbocycles. The van der Waals surface area contributed by atoms with Crippen LogP contribution in [0.3, 0.4) is 0 Å². The first-order valence-electron chi connectivity index (χ1n) is 12.4. The van der Waals surface area contributed by atoms with Crippen molar-refractivity contribution in [1.82, 2.24) is 15.5 Å². The minimum Gasteiger partial charge on any atom is -0.479 e. The predicted molar refractivity (Wildman–Crippen MR) is 138 cm³/mol. The van der Waals surface area contributed by atoms with Gasteiger partial charge >= 0.3 is 18.2 Å². The molecule has 1 aliphatic carbocycles. The molecule has 1 aliphatic rings. The number of amides is 4. The zero-order valence-corrected chi connectivity index (χ0v) is 22.9. The zero-order chi connectivity index (χ0) is 28.8. The zero-order valence-electron chi connectivity index (χ0n) is 22.9. The molecule has 0 aliphatic heterocycles. The lowest BCUT2D eigenvalue weighted by molar-refractivity contribution is -0.144. The molecule has 0 radical (unpaired) electrons. The van der Waals surface area contributed by atoms with E-state index in [0.717, 1.165) is 4.90 Å². The van der Waals surface area contributed by atoms with Gasteiger partial charge in [0.2, 0.25) is 11.8 Å². The highest BCUT2D eigenvalue weighted by Crippen LogP contribution is 2.41. The Morgan fingerprint density at radius 1 is 1.00 bits per heavy atom. The Bertz CT molecular complexity index is 1040. The van der Waals surface area contributed by atoms with E-state index in [0.29, 0.717) is 24.1 Å². The second kappa shape index (κ2) is 12.1. The third-order valence-electron chi connectivity index (χ3n) is 5.99. The van der Waals surface area contributed by atoms with Crippen LogP contribution in [0.15, 0.2) is 24.3 Å². The molecule has 1 aromatic carbocycles. The Balaban J connectivity index is 1.86. The lowest BCUT2D eigenvalue weighted by Gasteiger charge is -2.26. The summed E-state index contributed by atoms with van der Waals surface area (Å²) in [7, 11) is 1.40. The van der Waals surface area contributed by atoms with Crippen LogP contribution in [-0.4, -0.2) is 70.2 Å². The fraction of sp³-hybridized carbons (Fsp3) is 0.577. The molecule has 0 bridgehead atoms. The molecule has 210 valence electrons. The quantitative estimate of drug-likeness (QED) is 0.356. The standard InChI is InChI=1S/C26H38N4O8/c1-15(2)19(29-23(35)38-25(4,5)6)21(32)27-16(3)20(31)28-18-10-8-17(9-11-18)14-37-24(36)30(7)26(12-13-26)22(33)34/h8-11,15-16,19H,12-14H2,1-7H3,(H,27,32)(H,28,31)(H,29,35)(H,33,34)/t16-,19-/m0/s1. The van der Waals surface area contributed by atoms with Gasteiger partial charge in [-0.15, -0.1) is 0 Å². The molecule has 0 spiro atoms. The van der Waals surface area contributed by atoms with Crippen LogP contribution in [0.5, 0.6) is 0 Å². The minimum absolute atomic E-state index is 0.0687. The fourth-order valence-corrected chi connectivity index (χ4v) is 3.50. The number of rotatable bonds is 10. The molecule has 4 N–H and O–H groups in total. The van der Waals surface area contributed by atoms with Gasteiger partial charge in [-0.2, -0.15) is 0 Å². The van der Waals surface area contributed by atoms with Gasteiger partial charge in [0.05, 0.1) is 0 Å². The molecule has 12 nitrogen and oxygen atoms in total. The Morgan fingerprint density at radius 3 is 2.05 bits per heavy atom. The number of hydrogen-bond donors (Lipinski definition) is 4. The lowest BCUT2D eigenvalue weighted by Crippen LogP contribution is -2.54. The Kier molecular flexibility index (Phi) is 9.71. The molecule has 2 rings (SSSR count). The highest BCUT2D eigenvalue weighted by Gasteiger charge is 2.56. The van der Waals surface area contributed by atoms with Crippen molar-refractivity contribution in [3.8, 4) is 0 Å². The van der Waals surface area contributed by atoms with Gasteiger partial charge in [0.1, 0.15) is 29.8 Å². The van der Waals surface area contributed by atoms with E-state index in [-0.39, 0.29) is 12.5 Å². The molecular formula is C26H38N4O8. The molecule has 0 aromatic heterocycles. The van der Waals surface area contributed by atoms with E-state index in [4.69, 9.17) is 9.47 Å². The normalized spacial score (nSPS) is 15.5. The first-order valence-corrected chi connectivity index (χ1v) is 12.4. The number of carbonyl (C=O) groups is 5. The fourth-order valence-electron chi connectivity index (χ4n) is 3.50. The maximum atomic E-state index is 12.7. The summed E-state index contributed by atoms with van der Waals surface area (Å²) < 4.78 is 10.4. The van der Waals surface area contributed by atoms with Crippen molar-refractivity contribution in [2.24, 2.45) is 5.92 Å². The molecule has 38 heavy (non-hydrogen) atoms. The topological polar surface area (TPSA) is 163 Å². The number of nitrogens with one attached hydrogen (secondary N) is 3. The number of alkyl carbamates (subject to hydrolysis) is 1. The Hall–Kier alpha value is -3.83. The number of carbonyl (C=O) groups excluding carboxylic acids is 4. The van der Waals surface area contributed by atoms with Gasteiger partial charge in [-0.05, 0) is 64.2 Å². The molecule has 2 atom stereocenters. The first-order chi connectivity index (χ1) is 17.6. The molecule has 0 saturated heterocycles. The average Bonchev–Trinajstić information content (AvgIpc) is 3.62. The van der Waals surface area contributed by atoms with Gasteiger partial charge < -0.3 is 30.5 Å². The van der Waals surface area contributed by atoms with E-state index in [9.17, 15) is 29.1 Å². The van der Waals surface area contributed by atoms with E-state index < -0.39 is 53.2 Å². The van der Waals surface area contributed by atoms with Gasteiger partial charge in [-0.1, -0.05) is 26.0 Å². The molecule has 0 unspecified atom stereocenters. The first kappa shape index (κ1) is 30.4. The molecular weight excluding hydrogens is 496 g/mol. The number of ether oxygens (including phenoxy) is 2. The van der Waals surface area contributed by atoms with Crippen molar-refractivity contribution >= 4 is 35.7 Å². The summed E-state index contributed by atoms with van der Waals surface area (Å²) in [6, 6.07) is 4.72. The number of aliphatic carboxylic acids is 1. The Labute approximate surface area is 222 Å². The molecule has 4 amide bonds. The van der Waals surface area contributed by atoms with Gasteiger partial charge in [0.25, 0.3) is 0 Å².